The number of aliphatic carboxylic acids is 1. The van der Waals surface area contributed by atoms with E-state index in [0.29, 0.717) is 5.92 Å². The van der Waals surface area contributed by atoms with E-state index in [1.54, 1.807) is 18.9 Å². The van der Waals surface area contributed by atoms with Crippen LogP contribution in [0.25, 0.3) is 0 Å². The van der Waals surface area contributed by atoms with Gasteiger partial charge in [-0.1, -0.05) is 37.3 Å². The molecule has 4 nitrogen and oxygen atoms in total. The second-order valence-corrected chi connectivity index (χ2v) is 5.32. The van der Waals surface area contributed by atoms with E-state index >= 15 is 0 Å². The highest BCUT2D eigenvalue weighted by atomic mass is 16.4. The first-order valence-electron chi connectivity index (χ1n) is 6.53. The number of rotatable bonds is 5. The van der Waals surface area contributed by atoms with Gasteiger partial charge in [0.2, 0.25) is 5.91 Å². The van der Waals surface area contributed by atoms with Crippen LogP contribution in [0.3, 0.4) is 0 Å². The maximum absolute atomic E-state index is 12.2. The fourth-order valence-electron chi connectivity index (χ4n) is 2.40. The molecule has 3 unspecified atom stereocenters. The van der Waals surface area contributed by atoms with Gasteiger partial charge in [0, 0.05) is 19.5 Å². The average Bonchev–Trinajstić information content (AvgIpc) is 3.18. The summed E-state index contributed by atoms with van der Waals surface area (Å²) in [7, 11) is 1.68. The maximum atomic E-state index is 12.2. The van der Waals surface area contributed by atoms with Crippen molar-refractivity contribution in [1.82, 2.24) is 4.90 Å². The summed E-state index contributed by atoms with van der Waals surface area (Å²) in [5, 5.41) is 8.86. The lowest BCUT2D eigenvalue weighted by Gasteiger charge is -2.19. The van der Waals surface area contributed by atoms with Crippen LogP contribution in [-0.4, -0.2) is 35.5 Å². The van der Waals surface area contributed by atoms with E-state index in [2.05, 4.69) is 0 Å². The van der Waals surface area contributed by atoms with E-state index in [9.17, 15) is 9.59 Å². The van der Waals surface area contributed by atoms with Crippen molar-refractivity contribution in [2.75, 3.05) is 13.6 Å². The number of carbonyl (C=O) groups is 2. The van der Waals surface area contributed by atoms with Gasteiger partial charge >= 0.3 is 5.97 Å². The Morgan fingerprint density at radius 1 is 1.37 bits per heavy atom. The molecule has 1 aromatic carbocycles. The van der Waals surface area contributed by atoms with Crippen molar-refractivity contribution < 1.29 is 14.7 Å². The second-order valence-electron chi connectivity index (χ2n) is 5.32. The molecule has 2 rings (SSSR count). The van der Waals surface area contributed by atoms with E-state index in [-0.39, 0.29) is 18.4 Å². The number of nitrogens with zero attached hydrogens (tertiary/aromatic N) is 1. The van der Waals surface area contributed by atoms with Crippen molar-refractivity contribution >= 4 is 11.9 Å². The molecule has 0 saturated heterocycles. The Kier molecular flexibility index (Phi) is 3.88. The molecule has 0 spiro atoms. The number of hydrogen-bond acceptors (Lipinski definition) is 2. The van der Waals surface area contributed by atoms with Crippen molar-refractivity contribution in [2.45, 2.75) is 19.3 Å². The Hall–Kier alpha value is -1.84. The largest absolute Gasteiger partial charge is 0.481 e. The third kappa shape index (κ3) is 3.13. The van der Waals surface area contributed by atoms with Crippen LogP contribution >= 0.6 is 0 Å². The highest BCUT2D eigenvalue weighted by Gasteiger charge is 2.45. The Bertz CT molecular complexity index is 472. The molecule has 4 heteroatoms. The van der Waals surface area contributed by atoms with E-state index in [4.69, 9.17) is 5.11 Å². The number of benzene rings is 1. The Labute approximate surface area is 113 Å². The number of hydrogen-bond donors (Lipinski definition) is 1. The maximum Gasteiger partial charge on any atom is 0.308 e. The fraction of sp³-hybridized carbons (Fsp3) is 0.467. The minimum Gasteiger partial charge on any atom is -0.481 e. The van der Waals surface area contributed by atoms with Gasteiger partial charge in [0.1, 0.15) is 0 Å². The van der Waals surface area contributed by atoms with Gasteiger partial charge in [0.25, 0.3) is 0 Å². The number of carboxylic acid groups (broad SMARTS) is 1. The van der Waals surface area contributed by atoms with Crippen molar-refractivity contribution in [1.29, 1.82) is 0 Å². The summed E-state index contributed by atoms with van der Waals surface area (Å²) in [5.74, 6) is -1.01. The van der Waals surface area contributed by atoms with Gasteiger partial charge in [-0.25, -0.2) is 0 Å². The van der Waals surface area contributed by atoms with E-state index in [1.807, 2.05) is 30.3 Å². The molecule has 19 heavy (non-hydrogen) atoms. The lowest BCUT2D eigenvalue weighted by molar-refractivity contribution is -0.142. The first-order chi connectivity index (χ1) is 9.00. The molecular weight excluding hydrogens is 242 g/mol. The zero-order chi connectivity index (χ0) is 14.0. The normalized spacial score (nSPS) is 22.6. The quantitative estimate of drug-likeness (QED) is 0.881. The molecule has 102 valence electrons. The van der Waals surface area contributed by atoms with Crippen molar-refractivity contribution in [3.8, 4) is 0 Å². The average molecular weight is 261 g/mol. The first kappa shape index (κ1) is 13.6. The van der Waals surface area contributed by atoms with Gasteiger partial charge in [-0.3, -0.25) is 9.59 Å². The minimum atomic E-state index is -0.866. The molecule has 1 aliphatic rings. The van der Waals surface area contributed by atoms with Gasteiger partial charge in [0.15, 0.2) is 0 Å². The molecule has 1 amide bonds. The Morgan fingerprint density at radius 2 is 2.00 bits per heavy atom. The van der Waals surface area contributed by atoms with Crippen LogP contribution in [0.4, 0.5) is 0 Å². The molecule has 1 aromatic rings. The van der Waals surface area contributed by atoms with Crippen molar-refractivity contribution in [3.05, 3.63) is 35.9 Å². The molecule has 0 aliphatic heterocycles. The van der Waals surface area contributed by atoms with Gasteiger partial charge in [0.05, 0.1) is 5.92 Å². The monoisotopic (exact) mass is 261 g/mol. The van der Waals surface area contributed by atoms with Crippen LogP contribution in [0.2, 0.25) is 0 Å². The smallest absolute Gasteiger partial charge is 0.308 e. The summed E-state index contributed by atoms with van der Waals surface area (Å²) < 4.78 is 0. The third-order valence-electron chi connectivity index (χ3n) is 3.68. The standard InChI is InChI=1S/C15H19NO3/c1-10(15(18)19)9-16(2)14(17)13-8-12(13)11-6-4-3-5-7-11/h3-7,10,12-13H,8-9H2,1-2H3,(H,18,19). The third-order valence-corrected chi connectivity index (χ3v) is 3.68. The number of carboxylic acids is 1. The number of carbonyl (C=O) groups excluding carboxylic acids is 1. The highest BCUT2D eigenvalue weighted by Crippen LogP contribution is 2.48. The molecule has 0 bridgehead atoms. The van der Waals surface area contributed by atoms with Crippen LogP contribution in [-0.2, 0) is 9.59 Å². The minimum absolute atomic E-state index is 0.0217. The lowest BCUT2D eigenvalue weighted by atomic mass is 10.1. The van der Waals surface area contributed by atoms with Gasteiger partial charge < -0.3 is 10.0 Å². The number of amides is 1. The van der Waals surface area contributed by atoms with Crippen LogP contribution in [0, 0.1) is 11.8 Å². The highest BCUT2D eigenvalue weighted by molar-refractivity contribution is 5.83. The molecule has 0 aromatic heterocycles. The SMILES string of the molecule is CC(CN(C)C(=O)C1CC1c1ccccc1)C(=O)O. The molecule has 1 saturated carbocycles. The van der Waals surface area contributed by atoms with E-state index in [1.165, 1.54) is 5.56 Å². The Balaban J connectivity index is 1.90. The van der Waals surface area contributed by atoms with E-state index < -0.39 is 11.9 Å². The topological polar surface area (TPSA) is 57.6 Å². The molecular formula is C15H19NO3. The summed E-state index contributed by atoms with van der Waals surface area (Å²) in [5.41, 5.74) is 1.19. The summed E-state index contributed by atoms with van der Waals surface area (Å²) >= 11 is 0. The van der Waals surface area contributed by atoms with E-state index in [0.717, 1.165) is 6.42 Å². The zero-order valence-electron chi connectivity index (χ0n) is 11.2. The van der Waals surface area contributed by atoms with Gasteiger partial charge in [-0.15, -0.1) is 0 Å². The van der Waals surface area contributed by atoms with Crippen LogP contribution < -0.4 is 0 Å². The molecule has 1 aliphatic carbocycles. The molecule has 1 N–H and O–H groups in total. The molecule has 1 fully saturated rings. The predicted molar refractivity (Wildman–Crippen MR) is 71.7 cm³/mol. The summed E-state index contributed by atoms with van der Waals surface area (Å²) in [6.45, 7) is 1.89. The molecule has 0 heterocycles. The second kappa shape index (κ2) is 5.43. The Morgan fingerprint density at radius 3 is 2.58 bits per heavy atom. The fourth-order valence-corrected chi connectivity index (χ4v) is 2.40. The van der Waals surface area contributed by atoms with Crippen LogP contribution in [0.1, 0.15) is 24.8 Å². The summed E-state index contributed by atoms with van der Waals surface area (Å²) in [6.07, 6.45) is 0.870. The van der Waals surface area contributed by atoms with Crippen molar-refractivity contribution in [3.63, 3.8) is 0 Å². The predicted octanol–water partition coefficient (Wildman–Crippen LogP) is 1.97. The van der Waals surface area contributed by atoms with Gasteiger partial charge in [-0.2, -0.15) is 0 Å². The lowest BCUT2D eigenvalue weighted by Crippen LogP contribution is -2.34. The molecule has 0 radical (unpaired) electrons. The van der Waals surface area contributed by atoms with Crippen LogP contribution in [0.5, 0.6) is 0 Å². The first-order valence-corrected chi connectivity index (χ1v) is 6.53. The summed E-state index contributed by atoms with van der Waals surface area (Å²) in [4.78, 5) is 24.5. The molecule has 3 atom stereocenters. The van der Waals surface area contributed by atoms with Gasteiger partial charge in [-0.05, 0) is 17.9 Å². The van der Waals surface area contributed by atoms with Crippen LogP contribution in [0.15, 0.2) is 30.3 Å². The summed E-state index contributed by atoms with van der Waals surface area (Å²) in [6, 6.07) is 10.00. The van der Waals surface area contributed by atoms with Crippen molar-refractivity contribution in [2.24, 2.45) is 11.8 Å². The zero-order valence-corrected chi connectivity index (χ0v) is 11.2.